The standard InChI is InChI=1S/C11H13NO2/c1-11(10(14)6-7-12-11)8-2-4-9(13)5-3-8/h2-5,12-13H,6-7H2,1H3. The molecule has 3 nitrogen and oxygen atoms in total. The van der Waals surface area contributed by atoms with Crippen LogP contribution in [-0.4, -0.2) is 17.4 Å². The fraction of sp³-hybridized carbons (Fsp3) is 0.364. The van der Waals surface area contributed by atoms with Gasteiger partial charge in [0, 0.05) is 13.0 Å². The van der Waals surface area contributed by atoms with E-state index in [0.717, 1.165) is 12.1 Å². The van der Waals surface area contributed by atoms with Crippen molar-refractivity contribution < 1.29 is 9.90 Å². The third-order valence-corrected chi connectivity index (χ3v) is 2.83. The average molecular weight is 191 g/mol. The van der Waals surface area contributed by atoms with Crippen LogP contribution >= 0.6 is 0 Å². The Labute approximate surface area is 82.8 Å². The summed E-state index contributed by atoms with van der Waals surface area (Å²) in [6.45, 7) is 2.62. The molecule has 1 aliphatic heterocycles. The molecule has 3 heteroatoms. The first-order chi connectivity index (χ1) is 6.63. The van der Waals surface area contributed by atoms with Crippen LogP contribution in [-0.2, 0) is 10.3 Å². The SMILES string of the molecule is CC1(c2ccc(O)cc2)NCCC1=O. The van der Waals surface area contributed by atoms with Gasteiger partial charge in [0.2, 0.25) is 0 Å². The lowest BCUT2D eigenvalue weighted by Crippen LogP contribution is -2.38. The number of carbonyl (C=O) groups is 1. The molecule has 1 fully saturated rings. The molecular formula is C11H13NO2. The maximum Gasteiger partial charge on any atom is 0.158 e. The first-order valence-corrected chi connectivity index (χ1v) is 4.71. The minimum atomic E-state index is -0.562. The lowest BCUT2D eigenvalue weighted by Gasteiger charge is -2.23. The highest BCUT2D eigenvalue weighted by Gasteiger charge is 2.38. The lowest BCUT2D eigenvalue weighted by atomic mass is 9.89. The number of ketones is 1. The molecule has 1 saturated heterocycles. The van der Waals surface area contributed by atoms with Crippen LogP contribution in [0.5, 0.6) is 5.75 Å². The van der Waals surface area contributed by atoms with Crippen LogP contribution in [0.3, 0.4) is 0 Å². The van der Waals surface area contributed by atoms with Crippen molar-refractivity contribution in [2.75, 3.05) is 6.54 Å². The largest absolute Gasteiger partial charge is 0.508 e. The van der Waals surface area contributed by atoms with Crippen molar-refractivity contribution in [1.82, 2.24) is 5.32 Å². The van der Waals surface area contributed by atoms with Gasteiger partial charge in [-0.25, -0.2) is 0 Å². The molecular weight excluding hydrogens is 178 g/mol. The molecule has 14 heavy (non-hydrogen) atoms. The van der Waals surface area contributed by atoms with Gasteiger partial charge in [-0.15, -0.1) is 0 Å². The zero-order chi connectivity index (χ0) is 10.2. The molecule has 0 saturated carbocycles. The molecule has 0 aromatic heterocycles. The molecule has 1 heterocycles. The Morgan fingerprint density at radius 2 is 2.00 bits per heavy atom. The van der Waals surface area contributed by atoms with Gasteiger partial charge in [0.15, 0.2) is 5.78 Å². The van der Waals surface area contributed by atoms with Crippen LogP contribution in [0.25, 0.3) is 0 Å². The van der Waals surface area contributed by atoms with Crippen molar-refractivity contribution in [3.8, 4) is 5.75 Å². The van der Waals surface area contributed by atoms with Crippen LogP contribution in [0.2, 0.25) is 0 Å². The summed E-state index contributed by atoms with van der Waals surface area (Å²) in [6, 6.07) is 6.78. The van der Waals surface area contributed by atoms with Gasteiger partial charge in [-0.1, -0.05) is 12.1 Å². The van der Waals surface area contributed by atoms with Crippen LogP contribution in [0.1, 0.15) is 18.9 Å². The van der Waals surface area contributed by atoms with Gasteiger partial charge in [0.1, 0.15) is 11.3 Å². The summed E-state index contributed by atoms with van der Waals surface area (Å²) < 4.78 is 0. The van der Waals surface area contributed by atoms with E-state index in [0.29, 0.717) is 6.42 Å². The predicted octanol–water partition coefficient (Wildman–Crippen LogP) is 1.17. The maximum absolute atomic E-state index is 11.7. The van der Waals surface area contributed by atoms with Crippen LogP contribution in [0.15, 0.2) is 24.3 Å². The van der Waals surface area contributed by atoms with Gasteiger partial charge < -0.3 is 10.4 Å². The van der Waals surface area contributed by atoms with Gasteiger partial charge >= 0.3 is 0 Å². The second kappa shape index (κ2) is 3.10. The number of aromatic hydroxyl groups is 1. The molecule has 0 bridgehead atoms. The van der Waals surface area contributed by atoms with Crippen molar-refractivity contribution in [1.29, 1.82) is 0 Å². The van der Waals surface area contributed by atoms with E-state index in [2.05, 4.69) is 5.32 Å². The van der Waals surface area contributed by atoms with E-state index in [-0.39, 0.29) is 11.5 Å². The first kappa shape index (κ1) is 9.21. The summed E-state index contributed by atoms with van der Waals surface area (Å²) in [6.07, 6.45) is 0.581. The molecule has 0 amide bonds. The summed E-state index contributed by atoms with van der Waals surface area (Å²) in [5.74, 6) is 0.436. The lowest BCUT2D eigenvalue weighted by molar-refractivity contribution is -0.122. The van der Waals surface area contributed by atoms with E-state index >= 15 is 0 Å². The Kier molecular flexibility index (Phi) is 2.04. The van der Waals surface area contributed by atoms with Crippen molar-refractivity contribution in [2.45, 2.75) is 18.9 Å². The number of Topliss-reactive ketones (excluding diaryl/α,β-unsaturated/α-hetero) is 1. The molecule has 1 unspecified atom stereocenters. The molecule has 1 aromatic carbocycles. The molecule has 2 N–H and O–H groups in total. The highest BCUT2D eigenvalue weighted by molar-refractivity contribution is 5.91. The van der Waals surface area contributed by atoms with Crippen molar-refractivity contribution in [3.63, 3.8) is 0 Å². The molecule has 0 aliphatic carbocycles. The Morgan fingerprint density at radius 1 is 1.36 bits per heavy atom. The van der Waals surface area contributed by atoms with E-state index in [1.165, 1.54) is 0 Å². The van der Waals surface area contributed by atoms with Crippen molar-refractivity contribution in [3.05, 3.63) is 29.8 Å². The summed E-state index contributed by atoms with van der Waals surface area (Å²) >= 11 is 0. The predicted molar refractivity (Wildman–Crippen MR) is 53.1 cm³/mol. The van der Waals surface area contributed by atoms with Crippen LogP contribution in [0.4, 0.5) is 0 Å². The second-order valence-corrected chi connectivity index (χ2v) is 3.77. The van der Waals surface area contributed by atoms with Crippen LogP contribution < -0.4 is 5.32 Å². The van der Waals surface area contributed by atoms with E-state index in [4.69, 9.17) is 5.11 Å². The highest BCUT2D eigenvalue weighted by Crippen LogP contribution is 2.28. The molecule has 2 rings (SSSR count). The van der Waals surface area contributed by atoms with E-state index in [1.807, 2.05) is 6.92 Å². The van der Waals surface area contributed by atoms with Gasteiger partial charge in [-0.3, -0.25) is 4.79 Å². The molecule has 1 atom stereocenters. The van der Waals surface area contributed by atoms with Gasteiger partial charge in [0.25, 0.3) is 0 Å². The number of hydrogen-bond acceptors (Lipinski definition) is 3. The summed E-state index contributed by atoms with van der Waals surface area (Å²) in [7, 11) is 0. The third-order valence-electron chi connectivity index (χ3n) is 2.83. The van der Waals surface area contributed by atoms with Gasteiger partial charge in [0.05, 0.1) is 0 Å². The fourth-order valence-electron chi connectivity index (χ4n) is 1.83. The summed E-state index contributed by atoms with van der Waals surface area (Å²) in [4.78, 5) is 11.7. The van der Waals surface area contributed by atoms with Gasteiger partial charge in [-0.2, -0.15) is 0 Å². The van der Waals surface area contributed by atoms with E-state index < -0.39 is 5.54 Å². The van der Waals surface area contributed by atoms with E-state index in [1.54, 1.807) is 24.3 Å². The Morgan fingerprint density at radius 3 is 2.50 bits per heavy atom. The monoisotopic (exact) mass is 191 g/mol. The average Bonchev–Trinajstić information content (AvgIpc) is 2.49. The second-order valence-electron chi connectivity index (χ2n) is 3.77. The molecule has 0 spiro atoms. The quantitative estimate of drug-likeness (QED) is 0.700. The summed E-state index contributed by atoms with van der Waals surface area (Å²) in [5.41, 5.74) is 0.353. The molecule has 74 valence electrons. The fourth-order valence-corrected chi connectivity index (χ4v) is 1.83. The topological polar surface area (TPSA) is 49.3 Å². The highest BCUT2D eigenvalue weighted by atomic mass is 16.3. The third kappa shape index (κ3) is 1.30. The number of benzene rings is 1. The Bertz CT molecular complexity index is 358. The van der Waals surface area contributed by atoms with E-state index in [9.17, 15) is 4.79 Å². The molecule has 0 radical (unpaired) electrons. The van der Waals surface area contributed by atoms with Gasteiger partial charge in [-0.05, 0) is 24.6 Å². The maximum atomic E-state index is 11.7. The molecule has 1 aliphatic rings. The number of phenolic OH excluding ortho intramolecular Hbond substituents is 1. The minimum Gasteiger partial charge on any atom is -0.508 e. The number of carbonyl (C=O) groups excluding carboxylic acids is 1. The number of phenols is 1. The number of rotatable bonds is 1. The summed E-state index contributed by atoms with van der Waals surface area (Å²) in [5, 5.41) is 12.3. The number of nitrogens with one attached hydrogen (secondary N) is 1. The van der Waals surface area contributed by atoms with Crippen LogP contribution in [0, 0.1) is 0 Å². The number of hydrogen-bond donors (Lipinski definition) is 2. The molecule has 1 aromatic rings. The van der Waals surface area contributed by atoms with Crippen molar-refractivity contribution in [2.24, 2.45) is 0 Å². The normalized spacial score (nSPS) is 26.8. The zero-order valence-electron chi connectivity index (χ0n) is 8.08. The first-order valence-electron chi connectivity index (χ1n) is 4.71. The Hall–Kier alpha value is -1.35. The minimum absolute atomic E-state index is 0.211. The van der Waals surface area contributed by atoms with Crippen molar-refractivity contribution >= 4 is 5.78 Å². The zero-order valence-corrected chi connectivity index (χ0v) is 8.08. The Balaban J connectivity index is 2.38. The smallest absolute Gasteiger partial charge is 0.158 e.